The summed E-state index contributed by atoms with van der Waals surface area (Å²) in [5, 5.41) is 9.19. The molecule has 0 aromatic heterocycles. The first-order valence-electron chi connectivity index (χ1n) is 6.17. The molecule has 0 aliphatic carbocycles. The normalized spacial score (nSPS) is 22.2. The van der Waals surface area contributed by atoms with Crippen LogP contribution in [0.2, 0.25) is 0 Å². The van der Waals surface area contributed by atoms with Crippen molar-refractivity contribution in [1.29, 1.82) is 0 Å². The van der Waals surface area contributed by atoms with Crippen molar-refractivity contribution < 1.29 is 33.7 Å². The van der Waals surface area contributed by atoms with Crippen molar-refractivity contribution in [1.82, 2.24) is 0 Å². The Kier molecular flexibility index (Phi) is 5.75. The quantitative estimate of drug-likeness (QED) is 0.396. The molecule has 0 amide bonds. The maximum Gasteiger partial charge on any atom is 0.321 e. The predicted octanol–water partition coefficient (Wildman–Crippen LogP) is -0.490. The molecule has 0 spiro atoms. The molecule has 1 aliphatic rings. The van der Waals surface area contributed by atoms with E-state index in [1.807, 2.05) is 0 Å². The Balaban J connectivity index is 2.97. The van der Waals surface area contributed by atoms with Gasteiger partial charge in [0.05, 0.1) is 32.3 Å². The summed E-state index contributed by atoms with van der Waals surface area (Å²) < 4.78 is 14.4. The van der Waals surface area contributed by atoms with E-state index in [0.29, 0.717) is 0 Å². The lowest BCUT2D eigenvalue weighted by atomic mass is 9.83. The molecular weight excluding hydrogens is 256 g/mol. The van der Waals surface area contributed by atoms with E-state index < -0.39 is 35.7 Å². The van der Waals surface area contributed by atoms with E-state index in [4.69, 9.17) is 14.2 Å². The Hall–Kier alpha value is -1.63. The third-order valence-electron chi connectivity index (χ3n) is 2.89. The summed E-state index contributed by atoms with van der Waals surface area (Å²) in [5.74, 6) is -5.39. The molecule has 7 heteroatoms. The molecule has 1 fully saturated rings. The van der Waals surface area contributed by atoms with E-state index in [9.17, 15) is 19.5 Å². The number of rotatable bonds is 6. The summed E-state index contributed by atoms with van der Waals surface area (Å²) in [6.07, 6.45) is 0. The van der Waals surface area contributed by atoms with Crippen LogP contribution < -0.4 is 0 Å². The van der Waals surface area contributed by atoms with Crippen molar-refractivity contribution in [2.45, 2.75) is 13.8 Å². The van der Waals surface area contributed by atoms with Crippen molar-refractivity contribution in [2.75, 3.05) is 26.4 Å². The molecule has 1 saturated heterocycles. The number of carbonyl (C=O) groups excluding carboxylic acids is 3. The maximum absolute atomic E-state index is 11.8. The lowest BCUT2D eigenvalue weighted by molar-refractivity contribution is -0.168. The first-order valence-corrected chi connectivity index (χ1v) is 6.17. The fourth-order valence-corrected chi connectivity index (χ4v) is 2.01. The molecule has 1 aliphatic heterocycles. The number of carbonyl (C=O) groups is 3. The van der Waals surface area contributed by atoms with Crippen LogP contribution in [0.4, 0.5) is 0 Å². The number of aliphatic hydroxyl groups is 1. The molecule has 1 N–H and O–H groups in total. The Morgan fingerprint density at radius 1 is 1.32 bits per heavy atom. The molecule has 0 saturated carbocycles. The lowest BCUT2D eigenvalue weighted by Gasteiger charge is -2.20. The molecule has 108 valence electrons. The van der Waals surface area contributed by atoms with Gasteiger partial charge >= 0.3 is 17.9 Å². The first-order chi connectivity index (χ1) is 9.06. The average Bonchev–Trinajstić information content (AvgIpc) is 2.72. The van der Waals surface area contributed by atoms with Crippen molar-refractivity contribution in [3.05, 3.63) is 0 Å². The summed E-state index contributed by atoms with van der Waals surface area (Å²) in [7, 11) is 0. The van der Waals surface area contributed by atoms with Crippen LogP contribution in [0.5, 0.6) is 0 Å². The van der Waals surface area contributed by atoms with Crippen LogP contribution in [0.1, 0.15) is 13.8 Å². The monoisotopic (exact) mass is 274 g/mol. The lowest BCUT2D eigenvalue weighted by Crippen LogP contribution is -2.40. The molecule has 0 unspecified atom stereocenters. The minimum absolute atomic E-state index is 0.0185. The van der Waals surface area contributed by atoms with Gasteiger partial charge in [-0.2, -0.15) is 0 Å². The van der Waals surface area contributed by atoms with Crippen molar-refractivity contribution in [3.8, 4) is 0 Å². The van der Waals surface area contributed by atoms with Crippen LogP contribution in [0, 0.1) is 17.8 Å². The Morgan fingerprint density at radius 2 is 1.84 bits per heavy atom. The van der Waals surface area contributed by atoms with Gasteiger partial charge in [-0.3, -0.25) is 14.4 Å². The standard InChI is InChI=1S/C12H18O7/c1-3-17-11(15)9(12(16)18-4-2)8-7(5-13)6-19-10(8)14/h7-9,13H,3-6H2,1-2H3/t7-,8-/m1/s1. The zero-order chi connectivity index (χ0) is 14.4. The number of ether oxygens (including phenoxy) is 3. The van der Waals surface area contributed by atoms with Crippen LogP contribution in [0.25, 0.3) is 0 Å². The summed E-state index contributed by atoms with van der Waals surface area (Å²) in [4.78, 5) is 35.3. The molecule has 0 bridgehead atoms. The summed E-state index contributed by atoms with van der Waals surface area (Å²) in [6, 6.07) is 0. The molecule has 1 heterocycles. The van der Waals surface area contributed by atoms with Crippen LogP contribution in [0.3, 0.4) is 0 Å². The third-order valence-corrected chi connectivity index (χ3v) is 2.89. The highest BCUT2D eigenvalue weighted by molar-refractivity contribution is 5.99. The largest absolute Gasteiger partial charge is 0.465 e. The van der Waals surface area contributed by atoms with E-state index >= 15 is 0 Å². The Bertz CT molecular complexity index is 334. The van der Waals surface area contributed by atoms with Gasteiger partial charge in [-0.1, -0.05) is 0 Å². The summed E-state index contributed by atoms with van der Waals surface area (Å²) in [6.45, 7) is 2.98. The predicted molar refractivity (Wildman–Crippen MR) is 61.8 cm³/mol. The van der Waals surface area contributed by atoms with Gasteiger partial charge in [-0.05, 0) is 13.8 Å². The van der Waals surface area contributed by atoms with Gasteiger partial charge in [0, 0.05) is 5.92 Å². The number of hydrogen-bond donors (Lipinski definition) is 1. The van der Waals surface area contributed by atoms with Gasteiger partial charge in [0.1, 0.15) is 0 Å². The second-order valence-corrected chi connectivity index (χ2v) is 4.08. The van der Waals surface area contributed by atoms with E-state index in [0.717, 1.165) is 0 Å². The Morgan fingerprint density at radius 3 is 2.26 bits per heavy atom. The molecule has 0 radical (unpaired) electrons. The van der Waals surface area contributed by atoms with Gasteiger partial charge in [0.25, 0.3) is 0 Å². The van der Waals surface area contributed by atoms with E-state index in [1.165, 1.54) is 0 Å². The van der Waals surface area contributed by atoms with Crippen LogP contribution >= 0.6 is 0 Å². The first kappa shape index (κ1) is 15.4. The SMILES string of the molecule is CCOC(=O)C(C(=O)OCC)[C@@H]1C(=O)OC[C@H]1CO. The van der Waals surface area contributed by atoms with Crippen molar-refractivity contribution >= 4 is 17.9 Å². The molecule has 0 aromatic rings. The summed E-state index contributed by atoms with van der Waals surface area (Å²) in [5.41, 5.74) is 0. The molecule has 19 heavy (non-hydrogen) atoms. The Labute approximate surface area is 110 Å². The van der Waals surface area contributed by atoms with Gasteiger partial charge in [-0.25, -0.2) is 0 Å². The second-order valence-electron chi connectivity index (χ2n) is 4.08. The highest BCUT2D eigenvalue weighted by Gasteiger charge is 2.50. The highest BCUT2D eigenvalue weighted by atomic mass is 16.6. The van der Waals surface area contributed by atoms with Gasteiger partial charge in [0.2, 0.25) is 0 Å². The molecule has 1 rings (SSSR count). The number of esters is 3. The minimum Gasteiger partial charge on any atom is -0.465 e. The second kappa shape index (κ2) is 7.08. The minimum atomic E-state index is -1.38. The zero-order valence-corrected chi connectivity index (χ0v) is 11.0. The van der Waals surface area contributed by atoms with Gasteiger partial charge in [-0.15, -0.1) is 0 Å². The third kappa shape index (κ3) is 3.44. The molecular formula is C12H18O7. The van der Waals surface area contributed by atoms with E-state index in [-0.39, 0.29) is 26.4 Å². The number of aliphatic hydroxyl groups excluding tert-OH is 1. The number of cyclic esters (lactones) is 1. The van der Waals surface area contributed by atoms with Crippen LogP contribution in [0.15, 0.2) is 0 Å². The molecule has 2 atom stereocenters. The maximum atomic E-state index is 11.8. The molecule has 0 aromatic carbocycles. The van der Waals surface area contributed by atoms with E-state index in [2.05, 4.69) is 0 Å². The van der Waals surface area contributed by atoms with E-state index in [1.54, 1.807) is 13.8 Å². The topological polar surface area (TPSA) is 99.1 Å². The number of hydrogen-bond acceptors (Lipinski definition) is 7. The fourth-order valence-electron chi connectivity index (χ4n) is 2.01. The van der Waals surface area contributed by atoms with Crippen molar-refractivity contribution in [2.24, 2.45) is 17.8 Å². The van der Waals surface area contributed by atoms with Gasteiger partial charge in [0.15, 0.2) is 5.92 Å². The fraction of sp³-hybridized carbons (Fsp3) is 0.750. The van der Waals surface area contributed by atoms with Crippen LogP contribution in [-0.4, -0.2) is 49.4 Å². The van der Waals surface area contributed by atoms with Crippen molar-refractivity contribution in [3.63, 3.8) is 0 Å². The smallest absolute Gasteiger partial charge is 0.321 e. The molecule has 7 nitrogen and oxygen atoms in total. The van der Waals surface area contributed by atoms with Crippen LogP contribution in [-0.2, 0) is 28.6 Å². The van der Waals surface area contributed by atoms with Gasteiger partial charge < -0.3 is 19.3 Å². The average molecular weight is 274 g/mol. The zero-order valence-electron chi connectivity index (χ0n) is 11.0. The highest BCUT2D eigenvalue weighted by Crippen LogP contribution is 2.31. The summed E-state index contributed by atoms with van der Waals surface area (Å²) >= 11 is 0.